The van der Waals surface area contributed by atoms with Crippen molar-refractivity contribution in [3.8, 4) is 0 Å². The molecule has 2 fully saturated rings. The van der Waals surface area contributed by atoms with E-state index in [1.54, 1.807) is 5.57 Å². The van der Waals surface area contributed by atoms with E-state index < -0.39 is 0 Å². The topological polar surface area (TPSA) is 31.9 Å². The smallest absolute Gasteiger partial charge is 0.121 e. The van der Waals surface area contributed by atoms with Crippen LogP contribution in [0.5, 0.6) is 0 Å². The van der Waals surface area contributed by atoms with Crippen molar-refractivity contribution in [2.45, 2.75) is 89.8 Å². The van der Waals surface area contributed by atoms with Gasteiger partial charge in [-0.15, -0.1) is 0 Å². The van der Waals surface area contributed by atoms with E-state index in [4.69, 9.17) is 4.98 Å². The average molecular weight is 378 g/mol. The molecule has 1 unspecified atom stereocenters. The van der Waals surface area contributed by atoms with Crippen molar-refractivity contribution in [2.75, 3.05) is 0 Å². The van der Waals surface area contributed by atoms with E-state index in [1.807, 2.05) is 0 Å². The maximum Gasteiger partial charge on any atom is 0.121 e. The molecule has 0 spiro atoms. The summed E-state index contributed by atoms with van der Waals surface area (Å²) in [5, 5.41) is 0. The largest absolute Gasteiger partial charge is 0.341 e. The van der Waals surface area contributed by atoms with E-state index in [9.17, 15) is 0 Å². The number of rotatable bonds is 6. The maximum atomic E-state index is 4.90. The zero-order chi connectivity index (χ0) is 19.2. The molecule has 2 aromatic rings. The Morgan fingerprint density at radius 2 is 1.89 bits per heavy atom. The highest BCUT2D eigenvalue weighted by Crippen LogP contribution is 2.33. The predicted molar refractivity (Wildman–Crippen MR) is 118 cm³/mol. The van der Waals surface area contributed by atoms with Crippen LogP contribution in [0.1, 0.15) is 77.0 Å². The maximum absolute atomic E-state index is 4.90. The van der Waals surface area contributed by atoms with E-state index in [0.29, 0.717) is 6.04 Å². The van der Waals surface area contributed by atoms with Gasteiger partial charge in [-0.2, -0.15) is 0 Å². The summed E-state index contributed by atoms with van der Waals surface area (Å²) in [6, 6.07) is 9.79. The van der Waals surface area contributed by atoms with Crippen LogP contribution >= 0.6 is 0 Å². The molecule has 0 bridgehead atoms. The van der Waals surface area contributed by atoms with Crippen molar-refractivity contribution < 1.29 is 0 Å². The second-order valence-electron chi connectivity index (χ2n) is 8.58. The number of H-pyrrole nitrogens is 1. The zero-order valence-corrected chi connectivity index (χ0v) is 17.4. The number of para-hydroxylation sites is 2. The zero-order valence-electron chi connectivity index (χ0n) is 17.4. The summed E-state index contributed by atoms with van der Waals surface area (Å²) >= 11 is 0. The van der Waals surface area contributed by atoms with Crippen LogP contribution in [0, 0.1) is 0 Å². The lowest BCUT2D eigenvalue weighted by atomic mass is 9.86. The highest BCUT2D eigenvalue weighted by atomic mass is 15.2. The summed E-state index contributed by atoms with van der Waals surface area (Å²) in [4.78, 5) is 11.3. The molecule has 1 heterocycles. The number of allylic oxidation sites excluding steroid dienone is 3. The van der Waals surface area contributed by atoms with Gasteiger partial charge in [0.05, 0.1) is 17.6 Å². The van der Waals surface area contributed by atoms with E-state index in [0.717, 1.165) is 35.9 Å². The van der Waals surface area contributed by atoms with Gasteiger partial charge in [0.25, 0.3) is 0 Å². The van der Waals surface area contributed by atoms with Gasteiger partial charge in [0.1, 0.15) is 5.82 Å². The number of nitrogens with zero attached hydrogens (tertiary/aromatic N) is 2. The Balaban J connectivity index is 1.54. The minimum atomic E-state index is 0.659. The van der Waals surface area contributed by atoms with E-state index in [1.165, 1.54) is 57.8 Å². The summed E-state index contributed by atoms with van der Waals surface area (Å²) < 4.78 is 0. The fourth-order valence-electron chi connectivity index (χ4n) is 5.07. The van der Waals surface area contributed by atoms with Crippen molar-refractivity contribution in [1.82, 2.24) is 14.9 Å². The Morgan fingerprint density at radius 1 is 1.07 bits per heavy atom. The standard InChI is InChI=1S/C25H35N3/c1-2-3-5-11-20-12-10-15-22(18-20)28(21-13-6-4-7-14-21)19-25-26-23-16-8-9-17-24(23)27-25/h3,5,8-9,11,16-17,21-22H,2,4,6-7,10,12-15,18-19H2,1H3,(H,26,27)/b5-3-,20-11-. The van der Waals surface area contributed by atoms with Crippen molar-refractivity contribution in [1.29, 1.82) is 0 Å². The van der Waals surface area contributed by atoms with Crippen molar-refractivity contribution in [3.63, 3.8) is 0 Å². The molecule has 0 saturated heterocycles. The third-order valence-corrected chi connectivity index (χ3v) is 6.52. The molecule has 150 valence electrons. The highest BCUT2D eigenvalue weighted by Gasteiger charge is 2.30. The molecule has 1 aromatic carbocycles. The number of hydrogen-bond acceptors (Lipinski definition) is 2. The molecule has 0 aliphatic heterocycles. The number of benzene rings is 1. The third kappa shape index (κ3) is 4.75. The molecule has 1 aromatic heterocycles. The molecule has 0 amide bonds. The van der Waals surface area contributed by atoms with Crippen LogP contribution in [-0.4, -0.2) is 27.0 Å². The molecule has 2 aliphatic carbocycles. The second-order valence-corrected chi connectivity index (χ2v) is 8.58. The predicted octanol–water partition coefficient (Wildman–Crippen LogP) is 6.53. The molecular weight excluding hydrogens is 342 g/mol. The number of fused-ring (bicyclic) bond motifs is 1. The lowest BCUT2D eigenvalue weighted by molar-refractivity contribution is 0.0800. The first-order valence-corrected chi connectivity index (χ1v) is 11.4. The van der Waals surface area contributed by atoms with Crippen LogP contribution in [0.2, 0.25) is 0 Å². The Morgan fingerprint density at radius 3 is 2.71 bits per heavy atom. The van der Waals surface area contributed by atoms with Crippen molar-refractivity contribution in [3.05, 3.63) is 53.9 Å². The Bertz CT molecular complexity index is 777. The summed E-state index contributed by atoms with van der Waals surface area (Å²) in [7, 11) is 0. The van der Waals surface area contributed by atoms with Gasteiger partial charge in [-0.3, -0.25) is 4.90 Å². The SMILES string of the molecule is CC/C=C\C=C1\CCCC(N(Cc2nc3ccccc3[nH]2)C2CCCCC2)C1. The summed E-state index contributed by atoms with van der Waals surface area (Å²) in [5.41, 5.74) is 3.89. The van der Waals surface area contributed by atoms with Crippen LogP contribution in [0.25, 0.3) is 11.0 Å². The lowest BCUT2D eigenvalue weighted by Gasteiger charge is -2.41. The Labute approximate surface area is 169 Å². The van der Waals surface area contributed by atoms with Crippen molar-refractivity contribution >= 4 is 11.0 Å². The number of aromatic amines is 1. The number of imidazole rings is 1. The van der Waals surface area contributed by atoms with Crippen molar-refractivity contribution in [2.24, 2.45) is 0 Å². The molecule has 2 aliphatic rings. The van der Waals surface area contributed by atoms with E-state index >= 15 is 0 Å². The highest BCUT2D eigenvalue weighted by molar-refractivity contribution is 5.74. The molecule has 2 saturated carbocycles. The van der Waals surface area contributed by atoms with Gasteiger partial charge in [0, 0.05) is 12.1 Å². The second kappa shape index (κ2) is 9.56. The van der Waals surface area contributed by atoms with Gasteiger partial charge in [-0.25, -0.2) is 4.98 Å². The molecule has 3 heteroatoms. The monoisotopic (exact) mass is 377 g/mol. The first kappa shape index (κ1) is 19.4. The summed E-state index contributed by atoms with van der Waals surface area (Å²) in [6.07, 6.45) is 20.1. The Hall–Kier alpha value is -1.87. The minimum Gasteiger partial charge on any atom is -0.341 e. The van der Waals surface area contributed by atoms with E-state index in [-0.39, 0.29) is 0 Å². The van der Waals surface area contributed by atoms with Crippen LogP contribution in [0.15, 0.2) is 48.1 Å². The molecule has 0 radical (unpaired) electrons. The molecule has 1 N–H and O–H groups in total. The quantitative estimate of drug-likeness (QED) is 0.620. The van der Waals surface area contributed by atoms with E-state index in [2.05, 4.69) is 59.3 Å². The fraction of sp³-hybridized carbons (Fsp3) is 0.560. The van der Waals surface area contributed by atoms with Gasteiger partial charge < -0.3 is 4.98 Å². The average Bonchev–Trinajstić information content (AvgIpc) is 3.16. The molecule has 4 rings (SSSR count). The number of hydrogen-bond donors (Lipinski definition) is 1. The molecule has 3 nitrogen and oxygen atoms in total. The number of nitrogens with one attached hydrogen (secondary N) is 1. The van der Waals surface area contributed by atoms with Crippen LogP contribution < -0.4 is 0 Å². The van der Waals surface area contributed by atoms with Crippen LogP contribution in [-0.2, 0) is 6.54 Å². The summed E-state index contributed by atoms with van der Waals surface area (Å²) in [5.74, 6) is 1.13. The van der Waals surface area contributed by atoms with Gasteiger partial charge in [-0.1, -0.05) is 62.1 Å². The van der Waals surface area contributed by atoms with Crippen LogP contribution in [0.4, 0.5) is 0 Å². The fourth-order valence-corrected chi connectivity index (χ4v) is 5.07. The normalized spacial score (nSPS) is 23.4. The van der Waals surface area contributed by atoms with Gasteiger partial charge in [-0.05, 0) is 57.1 Å². The van der Waals surface area contributed by atoms with Gasteiger partial charge in [0.15, 0.2) is 0 Å². The number of aromatic nitrogens is 2. The molecular formula is C25H35N3. The third-order valence-electron chi connectivity index (χ3n) is 6.52. The molecule has 28 heavy (non-hydrogen) atoms. The summed E-state index contributed by atoms with van der Waals surface area (Å²) in [6.45, 7) is 3.17. The molecule has 1 atom stereocenters. The van der Waals surface area contributed by atoms with Gasteiger partial charge >= 0.3 is 0 Å². The first-order chi connectivity index (χ1) is 13.8. The first-order valence-electron chi connectivity index (χ1n) is 11.4. The lowest BCUT2D eigenvalue weighted by Crippen LogP contribution is -2.45. The van der Waals surface area contributed by atoms with Gasteiger partial charge in [0.2, 0.25) is 0 Å². The van der Waals surface area contributed by atoms with Crippen LogP contribution in [0.3, 0.4) is 0 Å². The Kier molecular flexibility index (Phi) is 6.64. The minimum absolute atomic E-state index is 0.659.